The van der Waals surface area contributed by atoms with E-state index in [1.807, 2.05) is 46.6 Å². The molecule has 3 rings (SSSR count). The summed E-state index contributed by atoms with van der Waals surface area (Å²) in [4.78, 5) is 21.1. The maximum absolute atomic E-state index is 12.6. The summed E-state index contributed by atoms with van der Waals surface area (Å²) in [5, 5.41) is 2.16. The van der Waals surface area contributed by atoms with Gasteiger partial charge in [0, 0.05) is 62.8 Å². The van der Waals surface area contributed by atoms with E-state index in [1.165, 1.54) is 4.88 Å². The number of hydrogen-bond donors (Lipinski definition) is 0. The molecule has 2 aromatic rings. The van der Waals surface area contributed by atoms with Crippen LogP contribution in [0.5, 0.6) is 0 Å². The number of benzene rings is 1. The second-order valence-electron chi connectivity index (χ2n) is 7.14. The summed E-state index contributed by atoms with van der Waals surface area (Å²) in [5.41, 5.74) is 1.02. The molecule has 0 unspecified atom stereocenters. The van der Waals surface area contributed by atoms with Crippen LogP contribution in [-0.4, -0.2) is 61.5 Å². The zero-order chi connectivity index (χ0) is 18.9. The highest BCUT2D eigenvalue weighted by molar-refractivity contribution is 7.09. The lowest BCUT2D eigenvalue weighted by atomic mass is 10.2. The van der Waals surface area contributed by atoms with E-state index in [9.17, 15) is 4.79 Å². The summed E-state index contributed by atoms with van der Waals surface area (Å²) in [6.45, 7) is 9.38. The Morgan fingerprint density at radius 2 is 1.70 bits per heavy atom. The summed E-state index contributed by atoms with van der Waals surface area (Å²) in [6, 6.07) is 14.5. The minimum absolute atomic E-state index is 0.235. The first-order chi connectivity index (χ1) is 13.3. The SMILES string of the molecule is CCCC(=O)N(CCN1CCN(CCc2cccs2)CC1)c1ccccc1. The van der Waals surface area contributed by atoms with Crippen LogP contribution in [0.2, 0.25) is 0 Å². The number of amides is 1. The summed E-state index contributed by atoms with van der Waals surface area (Å²) in [5.74, 6) is 0.235. The number of thiophene rings is 1. The van der Waals surface area contributed by atoms with Crippen LogP contribution in [0.1, 0.15) is 24.6 Å². The van der Waals surface area contributed by atoms with Crippen LogP contribution in [0, 0.1) is 0 Å². The fourth-order valence-electron chi connectivity index (χ4n) is 3.56. The molecule has 146 valence electrons. The maximum Gasteiger partial charge on any atom is 0.227 e. The smallest absolute Gasteiger partial charge is 0.227 e. The quantitative estimate of drug-likeness (QED) is 0.658. The van der Waals surface area contributed by atoms with E-state index in [0.29, 0.717) is 6.42 Å². The molecule has 1 saturated heterocycles. The van der Waals surface area contributed by atoms with Crippen LogP contribution in [0.15, 0.2) is 47.8 Å². The standard InChI is InChI=1S/C22H31N3OS/c1-2-7-22(26)25(20-8-4-3-5-9-20)18-17-24-15-13-23(14-16-24)12-11-21-10-6-19-27-21/h3-6,8-10,19H,2,7,11-18H2,1H3. The molecule has 5 heteroatoms. The number of carbonyl (C=O) groups is 1. The lowest BCUT2D eigenvalue weighted by molar-refractivity contribution is -0.118. The third-order valence-corrected chi connectivity index (χ3v) is 6.13. The molecule has 0 aliphatic carbocycles. The summed E-state index contributed by atoms with van der Waals surface area (Å²) < 4.78 is 0. The number of anilines is 1. The molecule has 0 bridgehead atoms. The van der Waals surface area contributed by atoms with E-state index in [2.05, 4.69) is 34.2 Å². The van der Waals surface area contributed by atoms with Gasteiger partial charge in [-0.3, -0.25) is 9.69 Å². The monoisotopic (exact) mass is 385 g/mol. The third kappa shape index (κ3) is 6.16. The molecular weight excluding hydrogens is 354 g/mol. The molecule has 1 amide bonds. The predicted molar refractivity (Wildman–Crippen MR) is 115 cm³/mol. The number of para-hydroxylation sites is 1. The molecule has 0 atom stereocenters. The molecule has 1 fully saturated rings. The van der Waals surface area contributed by atoms with Gasteiger partial charge >= 0.3 is 0 Å². The van der Waals surface area contributed by atoms with E-state index in [1.54, 1.807) is 0 Å². The van der Waals surface area contributed by atoms with Gasteiger partial charge in [-0.1, -0.05) is 31.2 Å². The van der Waals surface area contributed by atoms with Crippen molar-refractivity contribution in [3.8, 4) is 0 Å². The van der Waals surface area contributed by atoms with Gasteiger partial charge in [0.2, 0.25) is 5.91 Å². The van der Waals surface area contributed by atoms with Gasteiger partial charge in [-0.05, 0) is 36.4 Å². The number of rotatable bonds is 9. The van der Waals surface area contributed by atoms with Gasteiger partial charge in [0.25, 0.3) is 0 Å². The van der Waals surface area contributed by atoms with Crippen molar-refractivity contribution in [3.63, 3.8) is 0 Å². The van der Waals surface area contributed by atoms with Gasteiger partial charge in [0.15, 0.2) is 0 Å². The van der Waals surface area contributed by atoms with Crippen LogP contribution >= 0.6 is 11.3 Å². The molecule has 2 heterocycles. The van der Waals surface area contributed by atoms with E-state index >= 15 is 0 Å². The highest BCUT2D eigenvalue weighted by Gasteiger charge is 2.20. The van der Waals surface area contributed by atoms with Crippen LogP contribution in [0.3, 0.4) is 0 Å². The fraction of sp³-hybridized carbons (Fsp3) is 0.500. The van der Waals surface area contributed by atoms with Gasteiger partial charge in [-0.25, -0.2) is 0 Å². The molecule has 4 nitrogen and oxygen atoms in total. The van der Waals surface area contributed by atoms with E-state index < -0.39 is 0 Å². The molecule has 1 aliphatic heterocycles. The van der Waals surface area contributed by atoms with E-state index in [4.69, 9.17) is 0 Å². The van der Waals surface area contributed by atoms with Gasteiger partial charge in [0.05, 0.1) is 0 Å². The minimum Gasteiger partial charge on any atom is -0.311 e. The maximum atomic E-state index is 12.6. The fourth-order valence-corrected chi connectivity index (χ4v) is 4.25. The van der Waals surface area contributed by atoms with E-state index in [-0.39, 0.29) is 5.91 Å². The average Bonchev–Trinajstić information content (AvgIpc) is 3.22. The van der Waals surface area contributed by atoms with Crippen molar-refractivity contribution in [2.75, 3.05) is 50.7 Å². The highest BCUT2D eigenvalue weighted by atomic mass is 32.1. The Labute approximate surface area is 167 Å². The van der Waals surface area contributed by atoms with Crippen molar-refractivity contribution in [2.24, 2.45) is 0 Å². The zero-order valence-corrected chi connectivity index (χ0v) is 17.2. The number of piperazine rings is 1. The van der Waals surface area contributed by atoms with Crippen LogP contribution in [0.4, 0.5) is 5.69 Å². The first-order valence-corrected chi connectivity index (χ1v) is 11.0. The molecule has 0 spiro atoms. The molecule has 0 saturated carbocycles. The summed E-state index contributed by atoms with van der Waals surface area (Å²) in [7, 11) is 0. The molecule has 1 aromatic carbocycles. The summed E-state index contributed by atoms with van der Waals surface area (Å²) >= 11 is 1.85. The van der Waals surface area contributed by atoms with Crippen molar-refractivity contribution in [1.82, 2.24) is 9.80 Å². The Morgan fingerprint density at radius 1 is 1.00 bits per heavy atom. The molecular formula is C22H31N3OS. The minimum atomic E-state index is 0.235. The van der Waals surface area contributed by atoms with Gasteiger partial charge < -0.3 is 9.80 Å². The first-order valence-electron chi connectivity index (χ1n) is 10.1. The second-order valence-corrected chi connectivity index (χ2v) is 8.18. The third-order valence-electron chi connectivity index (χ3n) is 5.19. The first kappa shape index (κ1) is 20.1. The van der Waals surface area contributed by atoms with Crippen LogP contribution < -0.4 is 4.90 Å². The average molecular weight is 386 g/mol. The summed E-state index contributed by atoms with van der Waals surface area (Å²) in [6.07, 6.45) is 2.67. The Morgan fingerprint density at radius 3 is 2.33 bits per heavy atom. The Kier molecular flexibility index (Phi) is 7.87. The second kappa shape index (κ2) is 10.6. The normalized spacial score (nSPS) is 15.7. The van der Waals surface area contributed by atoms with Crippen LogP contribution in [-0.2, 0) is 11.2 Å². The van der Waals surface area contributed by atoms with Crippen molar-refractivity contribution in [2.45, 2.75) is 26.2 Å². The number of nitrogens with zero attached hydrogens (tertiary/aromatic N) is 3. The van der Waals surface area contributed by atoms with Crippen molar-refractivity contribution in [1.29, 1.82) is 0 Å². The van der Waals surface area contributed by atoms with Gasteiger partial charge in [0.1, 0.15) is 0 Å². The molecule has 0 radical (unpaired) electrons. The van der Waals surface area contributed by atoms with E-state index in [0.717, 1.165) is 64.3 Å². The Hall–Kier alpha value is -1.69. The number of carbonyl (C=O) groups excluding carboxylic acids is 1. The molecule has 27 heavy (non-hydrogen) atoms. The van der Waals surface area contributed by atoms with Crippen molar-refractivity contribution in [3.05, 3.63) is 52.7 Å². The van der Waals surface area contributed by atoms with Crippen molar-refractivity contribution >= 4 is 22.9 Å². The predicted octanol–water partition coefficient (Wildman–Crippen LogP) is 3.74. The molecule has 1 aromatic heterocycles. The highest BCUT2D eigenvalue weighted by Crippen LogP contribution is 2.16. The van der Waals surface area contributed by atoms with Crippen LogP contribution in [0.25, 0.3) is 0 Å². The lowest BCUT2D eigenvalue weighted by Gasteiger charge is -2.35. The van der Waals surface area contributed by atoms with Gasteiger partial charge in [-0.2, -0.15) is 0 Å². The van der Waals surface area contributed by atoms with Gasteiger partial charge in [-0.15, -0.1) is 11.3 Å². The molecule has 0 N–H and O–H groups in total. The Bertz CT molecular complexity index is 666. The molecule has 1 aliphatic rings. The topological polar surface area (TPSA) is 26.8 Å². The number of hydrogen-bond acceptors (Lipinski definition) is 4. The Balaban J connectivity index is 1.45. The lowest BCUT2D eigenvalue weighted by Crippen LogP contribution is -2.49. The zero-order valence-electron chi connectivity index (χ0n) is 16.3. The van der Waals surface area contributed by atoms with Crippen molar-refractivity contribution < 1.29 is 4.79 Å². The largest absolute Gasteiger partial charge is 0.311 e.